The van der Waals surface area contributed by atoms with Crippen molar-refractivity contribution in [3.05, 3.63) is 12.2 Å². The summed E-state index contributed by atoms with van der Waals surface area (Å²) in [7, 11) is 0. The maximum Gasteiger partial charge on any atom is -0.0206 e. The lowest BCUT2D eigenvalue weighted by Gasteiger charge is -2.26. The molecule has 10 heavy (non-hydrogen) atoms. The molecule has 1 saturated carbocycles. The van der Waals surface area contributed by atoms with Crippen LogP contribution in [0.4, 0.5) is 0 Å². The maximum absolute atomic E-state index is 4.01. The van der Waals surface area contributed by atoms with Gasteiger partial charge in [-0.05, 0) is 31.6 Å². The minimum absolute atomic E-state index is 0.837. The molecule has 0 unspecified atom stereocenters. The molecule has 2 atom stereocenters. The van der Waals surface area contributed by atoms with E-state index in [-0.39, 0.29) is 0 Å². The van der Waals surface area contributed by atoms with Crippen LogP contribution < -0.4 is 0 Å². The third-order valence-corrected chi connectivity index (χ3v) is 2.63. The molecular weight excluding hydrogens is 120 g/mol. The standard InChI is InChI=1S/C10H18/c1-8(2)10-6-4-5-9(3)7-10/h9-10H,1,4-7H2,2-3H3/t9-,10-/m0/s1. The second-order valence-electron chi connectivity index (χ2n) is 3.82. The van der Waals surface area contributed by atoms with Gasteiger partial charge in [-0.3, -0.25) is 0 Å². The Morgan fingerprint density at radius 3 is 2.50 bits per heavy atom. The molecule has 1 fully saturated rings. The average molecular weight is 138 g/mol. The quantitative estimate of drug-likeness (QED) is 0.487. The molecule has 0 nitrogen and oxygen atoms in total. The summed E-state index contributed by atoms with van der Waals surface area (Å²) in [5.74, 6) is 1.78. The molecule has 0 spiro atoms. The van der Waals surface area contributed by atoms with Crippen LogP contribution >= 0.6 is 0 Å². The Morgan fingerprint density at radius 1 is 1.40 bits per heavy atom. The summed E-state index contributed by atoms with van der Waals surface area (Å²) in [5.41, 5.74) is 1.39. The molecule has 0 heterocycles. The lowest BCUT2D eigenvalue weighted by atomic mass is 9.79. The molecule has 1 aliphatic rings. The zero-order valence-electron chi connectivity index (χ0n) is 7.19. The molecule has 0 aliphatic heterocycles. The van der Waals surface area contributed by atoms with Gasteiger partial charge in [-0.1, -0.05) is 31.9 Å². The second-order valence-corrected chi connectivity index (χ2v) is 3.82. The van der Waals surface area contributed by atoms with Crippen molar-refractivity contribution in [3.8, 4) is 0 Å². The predicted molar refractivity (Wildman–Crippen MR) is 45.9 cm³/mol. The van der Waals surface area contributed by atoms with E-state index in [1.54, 1.807) is 0 Å². The van der Waals surface area contributed by atoms with Crippen molar-refractivity contribution >= 4 is 0 Å². The molecule has 1 aliphatic carbocycles. The van der Waals surface area contributed by atoms with Crippen LogP contribution in [-0.4, -0.2) is 0 Å². The average Bonchev–Trinajstić information content (AvgIpc) is 1.88. The van der Waals surface area contributed by atoms with Crippen LogP contribution in [0, 0.1) is 11.8 Å². The van der Waals surface area contributed by atoms with Gasteiger partial charge in [-0.15, -0.1) is 0 Å². The molecule has 58 valence electrons. The van der Waals surface area contributed by atoms with Gasteiger partial charge in [0, 0.05) is 0 Å². The summed E-state index contributed by atoms with van der Waals surface area (Å²) >= 11 is 0. The fourth-order valence-electron chi connectivity index (χ4n) is 1.88. The summed E-state index contributed by atoms with van der Waals surface area (Å²) in [6, 6.07) is 0. The normalized spacial score (nSPS) is 33.8. The Kier molecular flexibility index (Phi) is 2.53. The smallest absolute Gasteiger partial charge is 0.0206 e. The first kappa shape index (κ1) is 7.84. The van der Waals surface area contributed by atoms with E-state index in [1.807, 2.05) is 0 Å². The number of rotatable bonds is 1. The van der Waals surface area contributed by atoms with Crippen molar-refractivity contribution < 1.29 is 0 Å². The highest BCUT2D eigenvalue weighted by molar-refractivity contribution is 4.97. The minimum Gasteiger partial charge on any atom is -0.0999 e. The van der Waals surface area contributed by atoms with Gasteiger partial charge in [-0.2, -0.15) is 0 Å². The lowest BCUT2D eigenvalue weighted by molar-refractivity contribution is 0.315. The van der Waals surface area contributed by atoms with Crippen LogP contribution in [0.1, 0.15) is 39.5 Å². The number of allylic oxidation sites excluding steroid dienone is 1. The molecule has 1 rings (SSSR count). The van der Waals surface area contributed by atoms with Crippen molar-refractivity contribution in [1.82, 2.24) is 0 Å². The second kappa shape index (κ2) is 3.23. The lowest BCUT2D eigenvalue weighted by Crippen LogP contribution is -2.13. The van der Waals surface area contributed by atoms with Crippen molar-refractivity contribution in [2.45, 2.75) is 39.5 Å². The highest BCUT2D eigenvalue weighted by Crippen LogP contribution is 2.32. The van der Waals surface area contributed by atoms with E-state index in [0.717, 1.165) is 11.8 Å². The van der Waals surface area contributed by atoms with E-state index >= 15 is 0 Å². The summed E-state index contributed by atoms with van der Waals surface area (Å²) < 4.78 is 0. The summed E-state index contributed by atoms with van der Waals surface area (Å²) in [4.78, 5) is 0. The van der Waals surface area contributed by atoms with E-state index in [4.69, 9.17) is 0 Å². The topological polar surface area (TPSA) is 0 Å². The van der Waals surface area contributed by atoms with Gasteiger partial charge >= 0.3 is 0 Å². The van der Waals surface area contributed by atoms with Gasteiger partial charge in [-0.25, -0.2) is 0 Å². The van der Waals surface area contributed by atoms with Gasteiger partial charge in [0.2, 0.25) is 0 Å². The van der Waals surface area contributed by atoms with Gasteiger partial charge < -0.3 is 0 Å². The van der Waals surface area contributed by atoms with E-state index in [1.165, 1.54) is 31.3 Å². The largest absolute Gasteiger partial charge is 0.0999 e. The first-order valence-electron chi connectivity index (χ1n) is 4.35. The molecule has 0 N–H and O–H groups in total. The molecule has 0 aromatic heterocycles. The summed E-state index contributed by atoms with van der Waals surface area (Å²) in [6.45, 7) is 8.54. The molecule has 0 bridgehead atoms. The van der Waals surface area contributed by atoms with Crippen molar-refractivity contribution in [1.29, 1.82) is 0 Å². The van der Waals surface area contributed by atoms with Crippen LogP contribution in [0.15, 0.2) is 12.2 Å². The van der Waals surface area contributed by atoms with Crippen molar-refractivity contribution in [3.63, 3.8) is 0 Å². The highest BCUT2D eigenvalue weighted by Gasteiger charge is 2.18. The number of hydrogen-bond donors (Lipinski definition) is 0. The number of hydrogen-bond acceptors (Lipinski definition) is 0. The monoisotopic (exact) mass is 138 g/mol. The molecule has 0 saturated heterocycles. The molecule has 0 radical (unpaired) electrons. The summed E-state index contributed by atoms with van der Waals surface area (Å²) in [5, 5.41) is 0. The first-order valence-corrected chi connectivity index (χ1v) is 4.35. The molecule has 0 amide bonds. The van der Waals surface area contributed by atoms with Gasteiger partial charge in [0.1, 0.15) is 0 Å². The first-order chi connectivity index (χ1) is 4.70. The van der Waals surface area contributed by atoms with E-state index in [9.17, 15) is 0 Å². The zero-order chi connectivity index (χ0) is 7.56. The fourth-order valence-corrected chi connectivity index (χ4v) is 1.88. The van der Waals surface area contributed by atoms with Crippen molar-refractivity contribution in [2.75, 3.05) is 0 Å². The van der Waals surface area contributed by atoms with Gasteiger partial charge in [0.05, 0.1) is 0 Å². The minimum atomic E-state index is 0.837. The van der Waals surface area contributed by atoms with E-state index < -0.39 is 0 Å². The van der Waals surface area contributed by atoms with Crippen LogP contribution in [0.5, 0.6) is 0 Å². The highest BCUT2D eigenvalue weighted by atomic mass is 14.2. The van der Waals surface area contributed by atoms with Crippen LogP contribution in [0.3, 0.4) is 0 Å². The SMILES string of the molecule is C=C(C)[C@H]1CCC[C@H](C)C1. The van der Waals surface area contributed by atoms with Crippen molar-refractivity contribution in [2.24, 2.45) is 11.8 Å². The molecular formula is C10H18. The Morgan fingerprint density at radius 2 is 2.10 bits per heavy atom. The fraction of sp³-hybridized carbons (Fsp3) is 0.800. The molecule has 0 aromatic rings. The molecule has 0 aromatic carbocycles. The predicted octanol–water partition coefficient (Wildman–Crippen LogP) is 3.39. The summed E-state index contributed by atoms with van der Waals surface area (Å²) in [6.07, 6.45) is 5.62. The Hall–Kier alpha value is -0.260. The maximum atomic E-state index is 4.01. The third kappa shape index (κ3) is 1.86. The third-order valence-electron chi connectivity index (χ3n) is 2.63. The Labute approximate surface area is 64.3 Å². The van der Waals surface area contributed by atoms with E-state index in [2.05, 4.69) is 20.4 Å². The van der Waals surface area contributed by atoms with Crippen LogP contribution in [0.2, 0.25) is 0 Å². The van der Waals surface area contributed by atoms with Gasteiger partial charge in [0.25, 0.3) is 0 Å². The van der Waals surface area contributed by atoms with Crippen LogP contribution in [-0.2, 0) is 0 Å². The van der Waals surface area contributed by atoms with Gasteiger partial charge in [0.15, 0.2) is 0 Å². The Bertz CT molecular complexity index is 124. The molecule has 0 heteroatoms. The van der Waals surface area contributed by atoms with E-state index in [0.29, 0.717) is 0 Å². The zero-order valence-corrected chi connectivity index (χ0v) is 7.19. The van der Waals surface area contributed by atoms with Crippen LogP contribution in [0.25, 0.3) is 0 Å². The Balaban J connectivity index is 2.39.